The first-order valence-electron chi connectivity index (χ1n) is 4.37. The standard InChI is InChI=1S/C10H14N2O2/c1-7(6-14-10(12)13)8-3-2-4-9(11)5-8/h2-5,7H,6,11H2,1H3,(H2,12,13). The molecule has 0 saturated heterocycles. The summed E-state index contributed by atoms with van der Waals surface area (Å²) < 4.78 is 4.70. The zero-order valence-corrected chi connectivity index (χ0v) is 8.07. The van der Waals surface area contributed by atoms with Gasteiger partial charge in [-0.25, -0.2) is 4.79 Å². The minimum Gasteiger partial charge on any atom is -0.449 e. The van der Waals surface area contributed by atoms with Gasteiger partial charge in [-0.1, -0.05) is 19.1 Å². The maximum Gasteiger partial charge on any atom is 0.404 e. The molecule has 1 rings (SSSR count). The van der Waals surface area contributed by atoms with Gasteiger partial charge in [0.15, 0.2) is 0 Å². The van der Waals surface area contributed by atoms with Crippen LogP contribution in [0.5, 0.6) is 0 Å². The maximum absolute atomic E-state index is 10.4. The highest BCUT2D eigenvalue weighted by Crippen LogP contribution is 2.17. The van der Waals surface area contributed by atoms with Crippen LogP contribution < -0.4 is 11.5 Å². The second-order valence-corrected chi connectivity index (χ2v) is 3.20. The highest BCUT2D eigenvalue weighted by Gasteiger charge is 2.07. The molecule has 1 unspecified atom stereocenters. The summed E-state index contributed by atoms with van der Waals surface area (Å²) in [5.41, 5.74) is 12.2. The highest BCUT2D eigenvalue weighted by molar-refractivity contribution is 5.64. The Morgan fingerprint density at radius 2 is 2.29 bits per heavy atom. The van der Waals surface area contributed by atoms with E-state index in [0.717, 1.165) is 5.56 Å². The molecule has 76 valence electrons. The van der Waals surface area contributed by atoms with Gasteiger partial charge >= 0.3 is 6.09 Å². The summed E-state index contributed by atoms with van der Waals surface area (Å²) in [7, 11) is 0. The molecular formula is C10H14N2O2. The van der Waals surface area contributed by atoms with Crippen LogP contribution >= 0.6 is 0 Å². The summed E-state index contributed by atoms with van der Waals surface area (Å²) in [4.78, 5) is 10.4. The number of benzene rings is 1. The molecule has 0 bridgehead atoms. The molecule has 0 aliphatic carbocycles. The number of ether oxygens (including phenoxy) is 1. The zero-order valence-electron chi connectivity index (χ0n) is 8.07. The largest absolute Gasteiger partial charge is 0.449 e. The monoisotopic (exact) mass is 194 g/mol. The normalized spacial score (nSPS) is 12.1. The molecule has 0 aliphatic rings. The minimum atomic E-state index is -0.749. The number of hydrogen-bond donors (Lipinski definition) is 2. The lowest BCUT2D eigenvalue weighted by Crippen LogP contribution is -2.16. The van der Waals surface area contributed by atoms with E-state index in [-0.39, 0.29) is 12.5 Å². The second-order valence-electron chi connectivity index (χ2n) is 3.20. The van der Waals surface area contributed by atoms with Crippen molar-refractivity contribution in [1.82, 2.24) is 0 Å². The molecular weight excluding hydrogens is 180 g/mol. The van der Waals surface area contributed by atoms with E-state index in [2.05, 4.69) is 0 Å². The Balaban J connectivity index is 2.60. The molecule has 1 amide bonds. The SMILES string of the molecule is CC(COC(N)=O)c1cccc(N)c1. The first kappa shape index (κ1) is 10.4. The van der Waals surface area contributed by atoms with Gasteiger partial charge < -0.3 is 16.2 Å². The van der Waals surface area contributed by atoms with Gasteiger partial charge in [-0.3, -0.25) is 0 Å². The molecule has 0 fully saturated rings. The highest BCUT2D eigenvalue weighted by atomic mass is 16.5. The topological polar surface area (TPSA) is 78.3 Å². The Bertz CT molecular complexity index is 326. The van der Waals surface area contributed by atoms with Crippen LogP contribution in [0.2, 0.25) is 0 Å². The predicted molar refractivity (Wildman–Crippen MR) is 54.8 cm³/mol. The minimum absolute atomic E-state index is 0.103. The molecule has 0 saturated carbocycles. The molecule has 0 spiro atoms. The van der Waals surface area contributed by atoms with Gasteiger partial charge in [-0.05, 0) is 17.7 Å². The summed E-state index contributed by atoms with van der Waals surface area (Å²) in [6.45, 7) is 2.22. The van der Waals surface area contributed by atoms with Gasteiger partial charge in [-0.2, -0.15) is 0 Å². The smallest absolute Gasteiger partial charge is 0.404 e. The first-order chi connectivity index (χ1) is 6.59. The maximum atomic E-state index is 10.4. The third-order valence-electron chi connectivity index (χ3n) is 1.96. The van der Waals surface area contributed by atoms with Crippen LogP contribution in [0.3, 0.4) is 0 Å². The third-order valence-corrected chi connectivity index (χ3v) is 1.96. The van der Waals surface area contributed by atoms with Gasteiger partial charge in [0.2, 0.25) is 0 Å². The van der Waals surface area contributed by atoms with Crippen molar-refractivity contribution < 1.29 is 9.53 Å². The van der Waals surface area contributed by atoms with Crippen LogP contribution in [0.15, 0.2) is 24.3 Å². The fourth-order valence-electron chi connectivity index (χ4n) is 1.17. The Kier molecular flexibility index (Phi) is 3.34. The van der Waals surface area contributed by atoms with Crippen LogP contribution in [0.1, 0.15) is 18.4 Å². The third kappa shape index (κ3) is 2.97. The lowest BCUT2D eigenvalue weighted by molar-refractivity contribution is 0.151. The number of anilines is 1. The van der Waals surface area contributed by atoms with Crippen molar-refractivity contribution in [3.8, 4) is 0 Å². The van der Waals surface area contributed by atoms with E-state index in [1.165, 1.54) is 0 Å². The Morgan fingerprint density at radius 3 is 2.86 bits per heavy atom. The van der Waals surface area contributed by atoms with E-state index < -0.39 is 6.09 Å². The Labute approximate surface area is 82.8 Å². The van der Waals surface area contributed by atoms with Crippen LogP contribution in [0, 0.1) is 0 Å². The number of amides is 1. The van der Waals surface area contributed by atoms with Crippen LogP contribution in [0.4, 0.5) is 10.5 Å². The van der Waals surface area contributed by atoms with Crippen molar-refractivity contribution in [3.05, 3.63) is 29.8 Å². The van der Waals surface area contributed by atoms with Gasteiger partial charge in [0.05, 0.1) is 6.61 Å². The molecule has 0 radical (unpaired) electrons. The van der Waals surface area contributed by atoms with Crippen LogP contribution in [-0.2, 0) is 4.74 Å². The molecule has 0 aliphatic heterocycles. The molecule has 0 aromatic heterocycles. The fourth-order valence-corrected chi connectivity index (χ4v) is 1.17. The molecule has 4 N–H and O–H groups in total. The average Bonchev–Trinajstić information content (AvgIpc) is 2.14. The number of rotatable bonds is 3. The summed E-state index contributed by atoms with van der Waals surface area (Å²) in [6.07, 6.45) is -0.749. The second kappa shape index (κ2) is 4.50. The van der Waals surface area contributed by atoms with E-state index in [9.17, 15) is 4.79 Å². The van der Waals surface area contributed by atoms with Gasteiger partial charge in [0.1, 0.15) is 0 Å². The first-order valence-corrected chi connectivity index (χ1v) is 4.37. The number of carbonyl (C=O) groups is 1. The van der Waals surface area contributed by atoms with Gasteiger partial charge in [-0.15, -0.1) is 0 Å². The fraction of sp³-hybridized carbons (Fsp3) is 0.300. The number of nitrogen functional groups attached to an aromatic ring is 1. The number of hydrogen-bond acceptors (Lipinski definition) is 3. The van der Waals surface area contributed by atoms with Crippen LogP contribution in [-0.4, -0.2) is 12.7 Å². The van der Waals surface area contributed by atoms with Crippen LogP contribution in [0.25, 0.3) is 0 Å². The molecule has 4 heteroatoms. The molecule has 1 aromatic rings. The summed E-state index contributed by atoms with van der Waals surface area (Å²) in [5.74, 6) is 0.103. The summed E-state index contributed by atoms with van der Waals surface area (Å²) in [5, 5.41) is 0. The Morgan fingerprint density at radius 1 is 1.57 bits per heavy atom. The van der Waals surface area contributed by atoms with E-state index in [1.807, 2.05) is 31.2 Å². The van der Waals surface area contributed by atoms with Gasteiger partial charge in [0.25, 0.3) is 0 Å². The molecule has 14 heavy (non-hydrogen) atoms. The molecule has 1 aromatic carbocycles. The van der Waals surface area contributed by atoms with Gasteiger partial charge in [0, 0.05) is 11.6 Å². The van der Waals surface area contributed by atoms with Crippen molar-refractivity contribution in [2.75, 3.05) is 12.3 Å². The van der Waals surface area contributed by atoms with E-state index >= 15 is 0 Å². The lowest BCUT2D eigenvalue weighted by Gasteiger charge is -2.11. The molecule has 4 nitrogen and oxygen atoms in total. The summed E-state index contributed by atoms with van der Waals surface area (Å²) >= 11 is 0. The van der Waals surface area contributed by atoms with E-state index in [4.69, 9.17) is 16.2 Å². The van der Waals surface area contributed by atoms with Crippen molar-refractivity contribution in [1.29, 1.82) is 0 Å². The van der Waals surface area contributed by atoms with Crippen molar-refractivity contribution >= 4 is 11.8 Å². The molecule has 0 heterocycles. The average molecular weight is 194 g/mol. The summed E-state index contributed by atoms with van der Waals surface area (Å²) in [6, 6.07) is 7.47. The number of carbonyl (C=O) groups excluding carboxylic acids is 1. The predicted octanol–water partition coefficient (Wildman–Crippen LogP) is 1.47. The lowest BCUT2D eigenvalue weighted by atomic mass is 10.0. The quantitative estimate of drug-likeness (QED) is 0.715. The van der Waals surface area contributed by atoms with E-state index in [1.54, 1.807) is 0 Å². The van der Waals surface area contributed by atoms with E-state index in [0.29, 0.717) is 5.69 Å². The van der Waals surface area contributed by atoms with Crippen molar-refractivity contribution in [2.45, 2.75) is 12.8 Å². The van der Waals surface area contributed by atoms with Crippen molar-refractivity contribution in [2.24, 2.45) is 5.73 Å². The zero-order chi connectivity index (χ0) is 10.6. The molecule has 1 atom stereocenters. The number of primary amides is 1. The number of nitrogens with two attached hydrogens (primary N) is 2. The Hall–Kier alpha value is -1.71. The van der Waals surface area contributed by atoms with Crippen molar-refractivity contribution in [3.63, 3.8) is 0 Å².